The molecule has 3 nitrogen and oxygen atoms in total. The van der Waals surface area contributed by atoms with Gasteiger partial charge in [0.05, 0.1) is 5.71 Å². The van der Waals surface area contributed by atoms with E-state index in [1.54, 1.807) is 5.01 Å². The van der Waals surface area contributed by atoms with Gasteiger partial charge in [-0.2, -0.15) is 5.10 Å². The fourth-order valence-corrected chi connectivity index (χ4v) is 1.96. The molecule has 0 radical (unpaired) electrons. The van der Waals surface area contributed by atoms with Gasteiger partial charge in [-0.3, -0.25) is 0 Å². The van der Waals surface area contributed by atoms with E-state index in [1.807, 2.05) is 21.0 Å². The molecule has 0 aliphatic rings. The van der Waals surface area contributed by atoms with Crippen molar-refractivity contribution in [1.82, 2.24) is 5.01 Å². The maximum atomic E-state index is 6.05. The van der Waals surface area contributed by atoms with Gasteiger partial charge < -0.3 is 9.43 Å². The fourth-order valence-electron chi connectivity index (χ4n) is 0.891. The maximum absolute atomic E-state index is 6.05. The summed E-state index contributed by atoms with van der Waals surface area (Å²) in [7, 11) is 2.00. The number of rotatable bonds is 4. The molecule has 16 heavy (non-hydrogen) atoms. The number of allylic oxidation sites excluding steroid dienone is 1. The first kappa shape index (κ1) is 15.2. The van der Waals surface area contributed by atoms with Gasteiger partial charge >= 0.3 is 0 Å². The first-order valence-electron chi connectivity index (χ1n) is 5.58. The lowest BCUT2D eigenvalue weighted by Gasteiger charge is -2.37. The molecule has 0 unspecified atom stereocenters. The van der Waals surface area contributed by atoms with E-state index in [0.29, 0.717) is 5.76 Å². The van der Waals surface area contributed by atoms with E-state index in [0.717, 1.165) is 5.71 Å². The van der Waals surface area contributed by atoms with Crippen LogP contribution in [0.3, 0.4) is 0 Å². The second-order valence-electron chi connectivity index (χ2n) is 5.82. The lowest BCUT2D eigenvalue weighted by molar-refractivity contribution is 0.398. The Morgan fingerprint density at radius 1 is 1.25 bits per heavy atom. The highest BCUT2D eigenvalue weighted by atomic mass is 28.4. The highest BCUT2D eigenvalue weighted by molar-refractivity contribution is 6.74. The van der Waals surface area contributed by atoms with Gasteiger partial charge in [-0.25, -0.2) is 0 Å². The van der Waals surface area contributed by atoms with Crippen LogP contribution in [0.25, 0.3) is 0 Å². The molecule has 0 aliphatic carbocycles. The summed E-state index contributed by atoms with van der Waals surface area (Å²) in [6.07, 6.45) is 0. The Balaban J connectivity index is 4.70. The van der Waals surface area contributed by atoms with Crippen molar-refractivity contribution in [3.05, 3.63) is 12.3 Å². The molecular formula is C12H26N2OSi. The summed E-state index contributed by atoms with van der Waals surface area (Å²) in [4.78, 5) is 0. The van der Waals surface area contributed by atoms with Crippen LogP contribution >= 0.6 is 0 Å². The van der Waals surface area contributed by atoms with E-state index in [4.69, 9.17) is 4.43 Å². The van der Waals surface area contributed by atoms with Gasteiger partial charge in [-0.15, -0.1) is 0 Å². The van der Waals surface area contributed by atoms with E-state index >= 15 is 0 Å². The Hall–Kier alpha value is -0.773. The molecule has 0 bridgehead atoms. The van der Waals surface area contributed by atoms with Gasteiger partial charge in [0.25, 0.3) is 8.32 Å². The average Bonchev–Trinajstić information content (AvgIpc) is 1.99. The zero-order valence-electron chi connectivity index (χ0n) is 12.0. The third kappa shape index (κ3) is 4.39. The first-order valence-corrected chi connectivity index (χ1v) is 8.49. The van der Waals surface area contributed by atoms with Crippen molar-refractivity contribution in [2.75, 3.05) is 14.1 Å². The number of hydrogen-bond acceptors (Lipinski definition) is 3. The van der Waals surface area contributed by atoms with Crippen LogP contribution in [0.2, 0.25) is 18.1 Å². The highest BCUT2D eigenvalue weighted by Crippen LogP contribution is 2.37. The SMILES string of the molecule is C=C(O[Si](C)(C)C(C)(C)C)/C(C)=N/N(C)C. The monoisotopic (exact) mass is 242 g/mol. The molecule has 0 saturated heterocycles. The first-order chi connectivity index (χ1) is 6.97. The summed E-state index contributed by atoms with van der Waals surface area (Å²) < 4.78 is 6.05. The van der Waals surface area contributed by atoms with Crippen LogP contribution in [0.5, 0.6) is 0 Å². The van der Waals surface area contributed by atoms with Gasteiger partial charge in [0, 0.05) is 14.1 Å². The molecule has 0 amide bonds. The van der Waals surface area contributed by atoms with Gasteiger partial charge in [0.2, 0.25) is 0 Å². The van der Waals surface area contributed by atoms with Crippen molar-refractivity contribution >= 4 is 14.0 Å². The lowest BCUT2D eigenvalue weighted by atomic mass is 10.2. The van der Waals surface area contributed by atoms with Crippen molar-refractivity contribution in [3.8, 4) is 0 Å². The minimum Gasteiger partial charge on any atom is -0.543 e. The average molecular weight is 242 g/mol. The minimum absolute atomic E-state index is 0.189. The van der Waals surface area contributed by atoms with Crippen molar-refractivity contribution in [2.45, 2.75) is 45.8 Å². The number of nitrogens with zero attached hydrogens (tertiary/aromatic N) is 2. The van der Waals surface area contributed by atoms with Gasteiger partial charge in [0.1, 0.15) is 5.76 Å². The Kier molecular flexibility index (Phi) is 4.79. The van der Waals surface area contributed by atoms with E-state index in [2.05, 4.69) is 45.5 Å². The summed E-state index contributed by atoms with van der Waals surface area (Å²) >= 11 is 0. The third-order valence-corrected chi connectivity index (χ3v) is 7.31. The van der Waals surface area contributed by atoms with E-state index in [-0.39, 0.29) is 5.04 Å². The second-order valence-corrected chi connectivity index (χ2v) is 10.5. The van der Waals surface area contributed by atoms with Crippen molar-refractivity contribution in [1.29, 1.82) is 0 Å². The Labute approximate surface area is 101 Å². The summed E-state index contributed by atoms with van der Waals surface area (Å²) in [5.74, 6) is 0.695. The van der Waals surface area contributed by atoms with Gasteiger partial charge in [-0.05, 0) is 25.1 Å². The van der Waals surface area contributed by atoms with Gasteiger partial charge in [-0.1, -0.05) is 27.4 Å². The van der Waals surface area contributed by atoms with Gasteiger partial charge in [0.15, 0.2) is 0 Å². The number of hydrazone groups is 1. The summed E-state index contributed by atoms with van der Waals surface area (Å²) in [5, 5.41) is 6.24. The van der Waals surface area contributed by atoms with Crippen LogP contribution < -0.4 is 0 Å². The Morgan fingerprint density at radius 3 is 2.00 bits per heavy atom. The largest absolute Gasteiger partial charge is 0.543 e. The second kappa shape index (κ2) is 5.04. The summed E-state index contributed by atoms with van der Waals surface area (Å²) in [5.41, 5.74) is 0.842. The van der Waals surface area contributed by atoms with Crippen LogP contribution in [-0.2, 0) is 4.43 Å². The van der Waals surface area contributed by atoms with E-state index in [9.17, 15) is 0 Å². The van der Waals surface area contributed by atoms with E-state index in [1.165, 1.54) is 0 Å². The van der Waals surface area contributed by atoms with Crippen LogP contribution in [0.1, 0.15) is 27.7 Å². The molecule has 0 aromatic heterocycles. The summed E-state index contributed by atoms with van der Waals surface area (Å²) in [6.45, 7) is 16.9. The molecule has 0 aromatic rings. The summed E-state index contributed by atoms with van der Waals surface area (Å²) in [6, 6.07) is 0. The molecule has 0 spiro atoms. The van der Waals surface area contributed by atoms with Crippen molar-refractivity contribution in [3.63, 3.8) is 0 Å². The molecule has 0 aromatic carbocycles. The van der Waals surface area contributed by atoms with Crippen LogP contribution in [0, 0.1) is 0 Å². The molecule has 4 heteroatoms. The predicted molar refractivity (Wildman–Crippen MR) is 74.2 cm³/mol. The highest BCUT2D eigenvalue weighted by Gasteiger charge is 2.39. The molecule has 0 aliphatic heterocycles. The molecule has 0 saturated carbocycles. The molecule has 0 atom stereocenters. The number of hydrogen-bond donors (Lipinski definition) is 0. The minimum atomic E-state index is -1.78. The predicted octanol–water partition coefficient (Wildman–Crippen LogP) is 3.46. The topological polar surface area (TPSA) is 24.8 Å². The maximum Gasteiger partial charge on any atom is 0.250 e. The van der Waals surface area contributed by atoms with E-state index < -0.39 is 8.32 Å². The van der Waals surface area contributed by atoms with Crippen LogP contribution in [0.4, 0.5) is 0 Å². The van der Waals surface area contributed by atoms with Crippen LogP contribution in [-0.4, -0.2) is 33.1 Å². The molecule has 94 valence electrons. The molecule has 0 fully saturated rings. The fraction of sp³-hybridized carbons (Fsp3) is 0.750. The third-order valence-electron chi connectivity index (χ3n) is 2.94. The Morgan fingerprint density at radius 2 is 1.69 bits per heavy atom. The standard InChI is InChI=1S/C12H26N2OSi/c1-10(13-14(6)7)11(2)15-16(8,9)12(3,4)5/h2H2,1,3-9H3/b13-10+. The molecule has 0 N–H and O–H groups in total. The smallest absolute Gasteiger partial charge is 0.250 e. The zero-order valence-corrected chi connectivity index (χ0v) is 13.0. The molecular weight excluding hydrogens is 216 g/mol. The van der Waals surface area contributed by atoms with Crippen molar-refractivity contribution in [2.24, 2.45) is 5.10 Å². The van der Waals surface area contributed by atoms with Crippen molar-refractivity contribution < 1.29 is 4.43 Å². The molecule has 0 rings (SSSR count). The van der Waals surface area contributed by atoms with Crippen LogP contribution in [0.15, 0.2) is 17.4 Å². The quantitative estimate of drug-likeness (QED) is 0.326. The molecule has 0 heterocycles. The normalized spacial score (nSPS) is 13.6. The zero-order chi connectivity index (χ0) is 13.1. The Bertz CT molecular complexity index is 288. The lowest BCUT2D eigenvalue weighted by Crippen LogP contribution is -2.41.